The molecule has 0 aliphatic heterocycles. The van der Waals surface area contributed by atoms with Gasteiger partial charge in [-0.15, -0.1) is 6.58 Å². The molecule has 1 atom stereocenters. The van der Waals surface area contributed by atoms with Crippen LogP contribution in [0.15, 0.2) is 71.7 Å². The first-order valence-corrected chi connectivity index (χ1v) is 15.4. The first kappa shape index (κ1) is 29.8. The maximum atomic E-state index is 13.7. The van der Waals surface area contributed by atoms with Gasteiger partial charge < -0.3 is 19.2 Å². The molecule has 4 aromatic rings. The van der Waals surface area contributed by atoms with E-state index in [0.29, 0.717) is 33.5 Å². The summed E-state index contributed by atoms with van der Waals surface area (Å²) in [5, 5.41) is 3.47. The van der Waals surface area contributed by atoms with Crippen LogP contribution < -0.4 is 9.62 Å². The summed E-state index contributed by atoms with van der Waals surface area (Å²) in [6.45, 7) is 3.82. The zero-order chi connectivity index (χ0) is 30.2. The second kappa shape index (κ2) is 11.9. The molecule has 1 fully saturated rings. The van der Waals surface area contributed by atoms with Gasteiger partial charge in [-0.1, -0.05) is 23.7 Å². The number of furan rings is 1. The van der Waals surface area contributed by atoms with Gasteiger partial charge >= 0.3 is 0 Å². The second-order valence-electron chi connectivity index (χ2n) is 10.0. The first-order chi connectivity index (χ1) is 20.1. The van der Waals surface area contributed by atoms with E-state index in [4.69, 9.17) is 25.5 Å². The summed E-state index contributed by atoms with van der Waals surface area (Å²) >= 11 is 6.65. The minimum atomic E-state index is -3.88. The number of benzene rings is 3. The molecule has 11 heteroatoms. The fourth-order valence-corrected chi connectivity index (χ4v) is 6.30. The van der Waals surface area contributed by atoms with Gasteiger partial charge in [0.05, 0.1) is 23.2 Å². The van der Waals surface area contributed by atoms with Crippen molar-refractivity contribution >= 4 is 49.9 Å². The normalized spacial score (nSPS) is 14.1. The number of hydrogen-bond donors (Lipinski definition) is 1. The summed E-state index contributed by atoms with van der Waals surface area (Å²) in [5.41, 5.74) is 3.19. The standard InChI is InChI=1S/C31H30ClFN2O6S/c1-5-27(40-17-39-3)22-13-12-21(14-25(22)32)35(42(4,37)38)26-16-28-24(15-23(26)18-6-7-18)29(31(36)34-2)30(41-28)19-8-10-20(33)11-9-19/h5,8-16,18,27H,1,6-7,17H2,2-4H3,(H,34,36). The SMILES string of the molecule is C=CC(OCOC)c1ccc(N(c2cc3oc(-c4ccc(F)cc4)c(C(=O)NC)c3cc2C2CC2)S(C)(=O)=O)cc1Cl. The third-order valence-corrected chi connectivity index (χ3v) is 8.47. The quantitative estimate of drug-likeness (QED) is 0.144. The molecule has 1 aliphatic rings. The Bertz CT molecular complexity index is 1770. The van der Waals surface area contributed by atoms with Crippen LogP contribution in [0.1, 0.15) is 46.3 Å². The highest BCUT2D eigenvalue weighted by molar-refractivity contribution is 7.92. The van der Waals surface area contributed by atoms with E-state index in [0.717, 1.165) is 24.7 Å². The van der Waals surface area contributed by atoms with E-state index in [1.807, 2.05) is 6.07 Å². The maximum absolute atomic E-state index is 13.7. The van der Waals surface area contributed by atoms with Gasteiger partial charge in [0.25, 0.3) is 5.91 Å². The number of ether oxygens (including phenoxy) is 2. The Hall–Kier alpha value is -3.70. The number of amides is 1. The Morgan fingerprint density at radius 1 is 1.21 bits per heavy atom. The third kappa shape index (κ3) is 5.80. The number of sulfonamides is 1. The zero-order valence-electron chi connectivity index (χ0n) is 23.3. The lowest BCUT2D eigenvalue weighted by Crippen LogP contribution is -2.26. The number of nitrogens with zero attached hydrogens (tertiary/aromatic N) is 1. The highest BCUT2D eigenvalue weighted by atomic mass is 35.5. The Morgan fingerprint density at radius 3 is 2.50 bits per heavy atom. The number of rotatable bonds is 11. The summed E-state index contributed by atoms with van der Waals surface area (Å²) in [5.74, 6) is -0.448. The third-order valence-electron chi connectivity index (χ3n) is 7.07. The number of anilines is 2. The Morgan fingerprint density at radius 2 is 1.93 bits per heavy atom. The molecule has 1 aromatic heterocycles. The number of halogens is 2. The average Bonchev–Trinajstić information content (AvgIpc) is 3.73. The average molecular weight is 613 g/mol. The Kier molecular flexibility index (Phi) is 8.43. The molecular weight excluding hydrogens is 583 g/mol. The Labute approximate surface area is 248 Å². The second-order valence-corrected chi connectivity index (χ2v) is 12.3. The van der Waals surface area contributed by atoms with Gasteiger partial charge in [-0.05, 0) is 66.8 Å². The first-order valence-electron chi connectivity index (χ1n) is 13.2. The number of nitrogens with one attached hydrogen (secondary N) is 1. The fourth-order valence-electron chi connectivity index (χ4n) is 5.01. The van der Waals surface area contributed by atoms with Crippen molar-refractivity contribution in [1.82, 2.24) is 5.32 Å². The molecule has 42 heavy (non-hydrogen) atoms. The van der Waals surface area contributed by atoms with Crippen molar-refractivity contribution in [2.45, 2.75) is 24.9 Å². The highest BCUT2D eigenvalue weighted by Crippen LogP contribution is 2.49. The number of methoxy groups -OCH3 is 1. The van der Waals surface area contributed by atoms with Gasteiger partial charge in [0.15, 0.2) is 0 Å². The summed E-state index contributed by atoms with van der Waals surface area (Å²) in [6, 6.07) is 14.0. The molecule has 8 nitrogen and oxygen atoms in total. The number of fused-ring (bicyclic) bond motifs is 1. The molecule has 5 rings (SSSR count). The molecule has 1 N–H and O–H groups in total. The lowest BCUT2D eigenvalue weighted by molar-refractivity contribution is -0.0565. The molecule has 0 radical (unpaired) electrons. The van der Waals surface area contributed by atoms with Crippen molar-refractivity contribution in [3.8, 4) is 11.3 Å². The predicted molar refractivity (Wildman–Crippen MR) is 161 cm³/mol. The molecule has 1 unspecified atom stereocenters. The largest absolute Gasteiger partial charge is 0.455 e. The van der Waals surface area contributed by atoms with Crippen LogP contribution in [0.2, 0.25) is 5.02 Å². The van der Waals surface area contributed by atoms with Gasteiger partial charge in [-0.25, -0.2) is 17.1 Å². The Balaban J connectivity index is 1.70. The van der Waals surface area contributed by atoms with Gasteiger partial charge in [0.2, 0.25) is 10.0 Å². The molecule has 1 saturated carbocycles. The van der Waals surface area contributed by atoms with Crippen LogP contribution in [-0.2, 0) is 19.5 Å². The number of carbonyl (C=O) groups is 1. The van der Waals surface area contributed by atoms with E-state index >= 15 is 0 Å². The number of hydrogen-bond acceptors (Lipinski definition) is 6. The molecule has 1 amide bonds. The van der Waals surface area contributed by atoms with Gasteiger partial charge in [0, 0.05) is 41.8 Å². The molecule has 1 heterocycles. The van der Waals surface area contributed by atoms with E-state index < -0.39 is 21.9 Å². The van der Waals surface area contributed by atoms with Crippen molar-refractivity contribution in [1.29, 1.82) is 0 Å². The molecule has 220 valence electrons. The van der Waals surface area contributed by atoms with Crippen LogP contribution in [0.3, 0.4) is 0 Å². The van der Waals surface area contributed by atoms with Crippen LogP contribution in [0.4, 0.5) is 15.8 Å². The fraction of sp³-hybridized carbons (Fsp3) is 0.258. The van der Waals surface area contributed by atoms with E-state index in [2.05, 4.69) is 11.9 Å². The van der Waals surface area contributed by atoms with Gasteiger partial charge in [-0.2, -0.15) is 0 Å². The van der Waals surface area contributed by atoms with Crippen LogP contribution in [0, 0.1) is 5.82 Å². The molecular formula is C31H30ClFN2O6S. The van der Waals surface area contributed by atoms with Crippen LogP contribution in [0.5, 0.6) is 0 Å². The molecule has 0 saturated heterocycles. The molecule has 0 bridgehead atoms. The maximum Gasteiger partial charge on any atom is 0.255 e. The minimum absolute atomic E-state index is 0.0239. The summed E-state index contributed by atoms with van der Waals surface area (Å²) < 4.78 is 58.5. The lowest BCUT2D eigenvalue weighted by Gasteiger charge is -2.26. The van der Waals surface area contributed by atoms with Crippen molar-refractivity contribution < 1.29 is 31.5 Å². The molecule has 0 spiro atoms. The zero-order valence-corrected chi connectivity index (χ0v) is 24.9. The van der Waals surface area contributed by atoms with Crippen molar-refractivity contribution in [3.05, 3.63) is 94.8 Å². The summed E-state index contributed by atoms with van der Waals surface area (Å²) in [4.78, 5) is 13.1. The number of carbonyl (C=O) groups excluding carboxylic acids is 1. The van der Waals surface area contributed by atoms with Crippen molar-refractivity contribution in [3.63, 3.8) is 0 Å². The van der Waals surface area contributed by atoms with Gasteiger partial charge in [-0.3, -0.25) is 4.79 Å². The van der Waals surface area contributed by atoms with Crippen molar-refractivity contribution in [2.75, 3.05) is 31.5 Å². The lowest BCUT2D eigenvalue weighted by atomic mass is 10.00. The molecule has 3 aromatic carbocycles. The van der Waals surface area contributed by atoms with E-state index in [-0.39, 0.29) is 35.0 Å². The van der Waals surface area contributed by atoms with E-state index in [9.17, 15) is 17.6 Å². The smallest absolute Gasteiger partial charge is 0.255 e. The van der Waals surface area contributed by atoms with E-state index in [1.165, 1.54) is 42.7 Å². The van der Waals surface area contributed by atoms with Crippen LogP contribution >= 0.6 is 11.6 Å². The van der Waals surface area contributed by atoms with Crippen LogP contribution in [0.25, 0.3) is 22.3 Å². The predicted octanol–water partition coefficient (Wildman–Crippen LogP) is 7.07. The van der Waals surface area contributed by atoms with Crippen molar-refractivity contribution in [2.24, 2.45) is 0 Å². The summed E-state index contributed by atoms with van der Waals surface area (Å²) in [6.07, 6.45) is 3.86. The van der Waals surface area contributed by atoms with Gasteiger partial charge in [0.1, 0.15) is 30.1 Å². The van der Waals surface area contributed by atoms with Crippen LogP contribution in [-0.4, -0.2) is 41.5 Å². The molecule has 1 aliphatic carbocycles. The minimum Gasteiger partial charge on any atom is -0.455 e. The highest BCUT2D eigenvalue weighted by Gasteiger charge is 2.34. The monoisotopic (exact) mass is 612 g/mol. The van der Waals surface area contributed by atoms with E-state index in [1.54, 1.807) is 30.3 Å². The topological polar surface area (TPSA) is 98.1 Å². The summed E-state index contributed by atoms with van der Waals surface area (Å²) in [7, 11) is -0.860.